The average Bonchev–Trinajstić information content (AvgIpc) is 2.70. The molecule has 24 heavy (non-hydrogen) atoms. The molecule has 1 aliphatic rings. The van der Waals surface area contributed by atoms with Crippen molar-refractivity contribution >= 4 is 30.8 Å². The molecule has 0 saturated carbocycles. The Balaban J connectivity index is 2.29. The van der Waals surface area contributed by atoms with Gasteiger partial charge < -0.3 is 0 Å². The summed E-state index contributed by atoms with van der Waals surface area (Å²) < 4.78 is 63.8. The molecule has 7 nitrogen and oxygen atoms in total. The van der Waals surface area contributed by atoms with E-state index in [1.165, 1.54) is 42.7 Å². The molecule has 1 heterocycles. The van der Waals surface area contributed by atoms with Crippen LogP contribution in [0, 0.1) is 0 Å². The first-order valence-electron chi connectivity index (χ1n) is 7.46. The highest BCUT2D eigenvalue weighted by molar-refractivity contribution is 7.89. The molecule has 0 aromatic heterocycles. The zero-order valence-corrected chi connectivity index (χ0v) is 16.3. The summed E-state index contributed by atoms with van der Waals surface area (Å²) in [5, 5.41) is -0.0298. The Labute approximate surface area is 146 Å². The lowest BCUT2D eigenvalue weighted by Gasteiger charge is -2.20. The fraction of sp³-hybridized carbons (Fsp3) is 0.571. The third-order valence-corrected chi connectivity index (χ3v) is 9.48. The van der Waals surface area contributed by atoms with Crippen LogP contribution in [0.5, 0.6) is 0 Å². The van der Waals surface area contributed by atoms with Gasteiger partial charge in [0.15, 0.2) is 0 Å². The van der Waals surface area contributed by atoms with Crippen molar-refractivity contribution in [1.82, 2.24) is 8.61 Å². The number of nitrogens with zero attached hydrogens (tertiary/aromatic N) is 2. The summed E-state index contributed by atoms with van der Waals surface area (Å²) in [6, 6.07) is 5.19. The van der Waals surface area contributed by atoms with Gasteiger partial charge in [-0.05, 0) is 30.7 Å². The lowest BCUT2D eigenvalue weighted by molar-refractivity contribution is 0.429. The lowest BCUT2D eigenvalue weighted by atomic mass is 10.3. The van der Waals surface area contributed by atoms with Crippen LogP contribution in [0.15, 0.2) is 34.1 Å². The van der Waals surface area contributed by atoms with Crippen LogP contribution in [-0.2, 0) is 30.8 Å². The van der Waals surface area contributed by atoms with Crippen molar-refractivity contribution in [2.75, 3.05) is 32.9 Å². The minimum Gasteiger partial charge on any atom is -0.259 e. The Morgan fingerprint density at radius 3 is 2.12 bits per heavy atom. The molecule has 1 aliphatic heterocycles. The number of benzene rings is 1. The molecule has 1 saturated heterocycles. The van der Waals surface area contributed by atoms with Gasteiger partial charge in [-0.25, -0.2) is 21.1 Å². The summed E-state index contributed by atoms with van der Waals surface area (Å²) in [5.41, 5.74) is 0. The monoisotopic (exact) mass is 394 g/mol. The molecular formula is C14H22N2O5S3. The van der Waals surface area contributed by atoms with Gasteiger partial charge in [0.2, 0.25) is 20.0 Å². The van der Waals surface area contributed by atoms with Crippen molar-refractivity contribution in [3.8, 4) is 0 Å². The maximum Gasteiger partial charge on any atom is 0.243 e. The van der Waals surface area contributed by atoms with E-state index in [4.69, 9.17) is 0 Å². The second kappa shape index (κ2) is 7.20. The smallest absolute Gasteiger partial charge is 0.243 e. The molecule has 0 unspecified atom stereocenters. The van der Waals surface area contributed by atoms with E-state index in [9.17, 15) is 21.0 Å². The van der Waals surface area contributed by atoms with Crippen LogP contribution in [0.1, 0.15) is 13.3 Å². The number of sulfonamides is 2. The summed E-state index contributed by atoms with van der Waals surface area (Å²) >= 11 is 0. The van der Waals surface area contributed by atoms with E-state index in [0.717, 1.165) is 4.31 Å². The van der Waals surface area contributed by atoms with Crippen molar-refractivity contribution in [2.24, 2.45) is 0 Å². The van der Waals surface area contributed by atoms with E-state index in [2.05, 4.69) is 0 Å². The van der Waals surface area contributed by atoms with Crippen LogP contribution in [0.25, 0.3) is 0 Å². The molecule has 1 aromatic carbocycles. The quantitative estimate of drug-likeness (QED) is 0.740. The first-order valence-corrected chi connectivity index (χ1v) is 11.7. The lowest BCUT2D eigenvalue weighted by Crippen LogP contribution is -2.33. The van der Waals surface area contributed by atoms with E-state index in [-0.39, 0.29) is 21.6 Å². The maximum atomic E-state index is 12.7. The van der Waals surface area contributed by atoms with Gasteiger partial charge in [0, 0.05) is 49.0 Å². The molecule has 0 radical (unpaired) electrons. The van der Waals surface area contributed by atoms with Crippen LogP contribution >= 0.6 is 0 Å². The molecule has 2 atom stereocenters. The van der Waals surface area contributed by atoms with E-state index in [1.807, 2.05) is 6.92 Å². The Kier molecular flexibility index (Phi) is 5.86. The number of hydrogen-bond donors (Lipinski definition) is 0. The van der Waals surface area contributed by atoms with Crippen LogP contribution in [0.2, 0.25) is 0 Å². The van der Waals surface area contributed by atoms with Crippen LogP contribution in [0.3, 0.4) is 0 Å². The molecule has 136 valence electrons. The van der Waals surface area contributed by atoms with Gasteiger partial charge in [0.25, 0.3) is 0 Å². The van der Waals surface area contributed by atoms with Crippen molar-refractivity contribution < 1.29 is 21.0 Å². The highest BCUT2D eigenvalue weighted by atomic mass is 32.2. The normalized spacial score (nSPS) is 24.0. The van der Waals surface area contributed by atoms with E-state index >= 15 is 0 Å². The zero-order chi connectivity index (χ0) is 18.1. The summed E-state index contributed by atoms with van der Waals surface area (Å²) in [7, 11) is -5.52. The highest BCUT2D eigenvalue weighted by Gasteiger charge is 2.29. The third-order valence-electron chi connectivity index (χ3n) is 4.02. The first-order chi connectivity index (χ1) is 11.1. The SMILES string of the molecule is C[C@@H]1CCN(S(=O)(=O)c2ccc(S(=O)(=O)N(C)C)cc2)CC[S@]1=O. The largest absolute Gasteiger partial charge is 0.259 e. The molecular weight excluding hydrogens is 372 g/mol. The minimum atomic E-state index is -3.72. The number of rotatable bonds is 4. The Morgan fingerprint density at radius 1 is 1.04 bits per heavy atom. The molecule has 1 fully saturated rings. The second-order valence-corrected chi connectivity index (χ2v) is 11.9. The molecule has 0 bridgehead atoms. The molecule has 0 aliphatic carbocycles. The zero-order valence-electron chi connectivity index (χ0n) is 13.9. The maximum absolute atomic E-state index is 12.7. The summed E-state index contributed by atoms with van der Waals surface area (Å²) in [4.78, 5) is 0.0811. The summed E-state index contributed by atoms with van der Waals surface area (Å²) in [6.45, 7) is 2.37. The van der Waals surface area contributed by atoms with Gasteiger partial charge in [-0.15, -0.1) is 0 Å². The number of hydrogen-bond acceptors (Lipinski definition) is 5. The first kappa shape index (κ1) is 19.5. The van der Waals surface area contributed by atoms with Gasteiger partial charge in [-0.1, -0.05) is 6.92 Å². The van der Waals surface area contributed by atoms with Gasteiger partial charge in [0.1, 0.15) is 0 Å². The van der Waals surface area contributed by atoms with Gasteiger partial charge in [-0.3, -0.25) is 4.21 Å². The Bertz CT molecular complexity index is 816. The van der Waals surface area contributed by atoms with E-state index in [1.54, 1.807) is 0 Å². The molecule has 0 N–H and O–H groups in total. The fourth-order valence-corrected chi connectivity index (χ4v) is 5.99. The summed E-state index contributed by atoms with van der Waals surface area (Å²) in [5.74, 6) is 0.313. The average molecular weight is 395 g/mol. The molecule has 0 amide bonds. The fourth-order valence-electron chi connectivity index (χ4n) is 2.35. The standard InChI is InChI=1S/C14H22N2O5S3/c1-12-8-9-16(10-11-22(12)17)24(20,21)14-6-4-13(5-7-14)23(18,19)15(2)3/h4-7,12H,8-11H2,1-3H3/t12-,22-/m1/s1. The van der Waals surface area contributed by atoms with Crippen LogP contribution < -0.4 is 0 Å². The predicted octanol–water partition coefficient (Wildman–Crippen LogP) is 0.469. The van der Waals surface area contributed by atoms with E-state index < -0.39 is 30.8 Å². The van der Waals surface area contributed by atoms with Crippen molar-refractivity contribution in [2.45, 2.75) is 28.4 Å². The summed E-state index contributed by atoms with van der Waals surface area (Å²) in [6.07, 6.45) is 0.541. The van der Waals surface area contributed by atoms with Gasteiger partial charge >= 0.3 is 0 Å². The Hall–Kier alpha value is -0.810. The molecule has 1 aromatic rings. The van der Waals surface area contributed by atoms with Gasteiger partial charge in [-0.2, -0.15) is 4.31 Å². The topological polar surface area (TPSA) is 91.8 Å². The highest BCUT2D eigenvalue weighted by Crippen LogP contribution is 2.22. The second-order valence-electron chi connectivity index (χ2n) is 5.85. The third kappa shape index (κ3) is 3.88. The van der Waals surface area contributed by atoms with Crippen molar-refractivity contribution in [3.05, 3.63) is 24.3 Å². The van der Waals surface area contributed by atoms with Gasteiger partial charge in [0.05, 0.1) is 9.79 Å². The molecule has 10 heteroatoms. The molecule has 2 rings (SSSR count). The van der Waals surface area contributed by atoms with Crippen molar-refractivity contribution in [3.63, 3.8) is 0 Å². The van der Waals surface area contributed by atoms with Crippen LogP contribution in [0.4, 0.5) is 0 Å². The van der Waals surface area contributed by atoms with Crippen molar-refractivity contribution in [1.29, 1.82) is 0 Å². The van der Waals surface area contributed by atoms with Crippen LogP contribution in [-0.4, -0.2) is 67.8 Å². The predicted molar refractivity (Wildman–Crippen MR) is 93.2 cm³/mol. The Morgan fingerprint density at radius 2 is 1.58 bits per heavy atom. The minimum absolute atomic E-state index is 0.0298. The van der Waals surface area contributed by atoms with E-state index in [0.29, 0.717) is 18.7 Å². The molecule has 0 spiro atoms.